The highest BCUT2D eigenvalue weighted by atomic mass is 127. The number of hydrogen-bond donors (Lipinski definition) is 2. The molecule has 3 aromatic rings. The van der Waals surface area contributed by atoms with Crippen molar-refractivity contribution in [2.75, 3.05) is 0 Å². The van der Waals surface area contributed by atoms with E-state index in [9.17, 15) is 10.2 Å². The van der Waals surface area contributed by atoms with Gasteiger partial charge in [-0.05, 0) is 71.1 Å². The van der Waals surface area contributed by atoms with Crippen LogP contribution in [0.15, 0.2) is 48.5 Å². The fourth-order valence-corrected chi connectivity index (χ4v) is 2.68. The predicted molar refractivity (Wildman–Crippen MR) is 83.2 cm³/mol. The highest BCUT2D eigenvalue weighted by Gasteiger charge is 2.06. The lowest BCUT2D eigenvalue weighted by Crippen LogP contribution is -1.88. The molecule has 0 unspecified atom stereocenters. The monoisotopic (exact) mass is 363 g/mol. The summed E-state index contributed by atoms with van der Waals surface area (Å²) in [6.07, 6.45) is 0. The van der Waals surface area contributed by atoms with Gasteiger partial charge in [0.2, 0.25) is 0 Å². The summed E-state index contributed by atoms with van der Waals surface area (Å²) in [5.74, 6) is 0.480. The summed E-state index contributed by atoms with van der Waals surface area (Å²) in [7, 11) is 0. The summed E-state index contributed by atoms with van der Waals surface area (Å²) < 4.78 is 1.03. The van der Waals surface area contributed by atoms with E-state index in [1.165, 1.54) is 0 Å². The molecule has 19 heavy (non-hydrogen) atoms. The Morgan fingerprint density at radius 2 is 1.53 bits per heavy atom. The normalized spacial score (nSPS) is 10.8. The Labute approximate surface area is 123 Å². The molecule has 0 amide bonds. The number of pyridine rings is 1. The zero-order valence-corrected chi connectivity index (χ0v) is 12.0. The number of fused-ring (bicyclic) bond motifs is 1. The molecule has 2 aromatic carbocycles. The van der Waals surface area contributed by atoms with E-state index < -0.39 is 0 Å². The molecule has 0 atom stereocenters. The van der Waals surface area contributed by atoms with Crippen LogP contribution in [0, 0.1) is 3.57 Å². The molecular formula is C15H10INO2. The third kappa shape index (κ3) is 2.35. The van der Waals surface area contributed by atoms with E-state index in [1.807, 2.05) is 18.2 Å². The zero-order valence-electron chi connectivity index (χ0n) is 9.84. The van der Waals surface area contributed by atoms with Gasteiger partial charge in [-0.15, -0.1) is 0 Å². The Kier molecular flexibility index (Phi) is 3.02. The number of phenolic OH excluding ortho intramolecular Hbond substituents is 2. The van der Waals surface area contributed by atoms with Crippen LogP contribution in [0.1, 0.15) is 0 Å². The second-order valence-corrected chi connectivity index (χ2v) is 5.40. The first kappa shape index (κ1) is 12.2. The molecule has 0 fully saturated rings. The van der Waals surface area contributed by atoms with E-state index in [4.69, 9.17) is 0 Å². The van der Waals surface area contributed by atoms with Gasteiger partial charge in [-0.2, -0.15) is 0 Å². The Morgan fingerprint density at radius 3 is 2.26 bits per heavy atom. The number of aromatic hydroxyl groups is 2. The zero-order chi connectivity index (χ0) is 13.4. The minimum absolute atomic E-state index is 0.240. The molecule has 4 heteroatoms. The lowest BCUT2D eigenvalue weighted by atomic mass is 10.1. The fourth-order valence-electron chi connectivity index (χ4n) is 1.95. The van der Waals surface area contributed by atoms with E-state index in [0.29, 0.717) is 0 Å². The van der Waals surface area contributed by atoms with Gasteiger partial charge in [0.25, 0.3) is 0 Å². The van der Waals surface area contributed by atoms with E-state index in [2.05, 4.69) is 27.6 Å². The summed E-state index contributed by atoms with van der Waals surface area (Å²) in [5, 5.41) is 19.8. The van der Waals surface area contributed by atoms with Gasteiger partial charge in [-0.3, -0.25) is 0 Å². The molecule has 0 aliphatic heterocycles. The predicted octanol–water partition coefficient (Wildman–Crippen LogP) is 3.92. The van der Waals surface area contributed by atoms with Crippen LogP contribution in [0.25, 0.3) is 22.2 Å². The quantitative estimate of drug-likeness (QED) is 0.645. The first-order valence-corrected chi connectivity index (χ1v) is 6.80. The molecule has 1 heterocycles. The first-order valence-electron chi connectivity index (χ1n) is 5.72. The summed E-state index contributed by atoms with van der Waals surface area (Å²) >= 11 is 2.23. The van der Waals surface area contributed by atoms with Crippen LogP contribution in [0.3, 0.4) is 0 Å². The van der Waals surface area contributed by atoms with E-state index in [0.717, 1.165) is 25.7 Å². The number of nitrogens with zero attached hydrogens (tertiary/aromatic N) is 1. The lowest BCUT2D eigenvalue weighted by molar-refractivity contribution is 0.475. The smallest absolute Gasteiger partial charge is 0.116 e. The number of hydrogen-bond acceptors (Lipinski definition) is 3. The van der Waals surface area contributed by atoms with Crippen molar-refractivity contribution in [2.45, 2.75) is 0 Å². The van der Waals surface area contributed by atoms with Gasteiger partial charge in [0, 0.05) is 14.5 Å². The third-order valence-corrected chi connectivity index (χ3v) is 3.80. The molecule has 94 valence electrons. The average Bonchev–Trinajstić information content (AvgIpc) is 2.40. The molecule has 0 spiro atoms. The van der Waals surface area contributed by atoms with Crippen molar-refractivity contribution in [2.24, 2.45) is 0 Å². The first-order chi connectivity index (χ1) is 9.13. The van der Waals surface area contributed by atoms with Crippen molar-refractivity contribution in [3.8, 4) is 22.8 Å². The molecule has 0 saturated heterocycles. The number of benzene rings is 2. The second kappa shape index (κ2) is 4.70. The summed E-state index contributed by atoms with van der Waals surface area (Å²) in [6.45, 7) is 0. The Bertz CT molecular complexity index is 754. The molecule has 0 bridgehead atoms. The Balaban J connectivity index is 2.20. The van der Waals surface area contributed by atoms with Crippen LogP contribution in [-0.2, 0) is 0 Å². The maximum absolute atomic E-state index is 9.51. The van der Waals surface area contributed by atoms with Gasteiger partial charge in [0.15, 0.2) is 0 Å². The summed E-state index contributed by atoms with van der Waals surface area (Å²) in [5.41, 5.74) is 2.64. The number of rotatable bonds is 1. The van der Waals surface area contributed by atoms with Crippen LogP contribution in [0.5, 0.6) is 11.5 Å². The van der Waals surface area contributed by atoms with E-state index in [-0.39, 0.29) is 11.5 Å². The molecule has 0 aliphatic carbocycles. The highest BCUT2D eigenvalue weighted by molar-refractivity contribution is 14.1. The molecule has 0 radical (unpaired) electrons. The Hall–Kier alpha value is -1.82. The van der Waals surface area contributed by atoms with Crippen molar-refractivity contribution in [3.05, 3.63) is 52.1 Å². The van der Waals surface area contributed by atoms with Crippen LogP contribution in [-0.4, -0.2) is 15.2 Å². The van der Waals surface area contributed by atoms with Crippen molar-refractivity contribution in [1.29, 1.82) is 0 Å². The highest BCUT2D eigenvalue weighted by Crippen LogP contribution is 2.28. The van der Waals surface area contributed by atoms with Gasteiger partial charge >= 0.3 is 0 Å². The van der Waals surface area contributed by atoms with Crippen LogP contribution in [0.2, 0.25) is 0 Å². The topological polar surface area (TPSA) is 53.4 Å². The molecule has 1 aromatic heterocycles. The van der Waals surface area contributed by atoms with Gasteiger partial charge < -0.3 is 10.2 Å². The maximum atomic E-state index is 9.51. The summed E-state index contributed by atoms with van der Waals surface area (Å²) in [4.78, 5) is 4.58. The second-order valence-electron chi connectivity index (χ2n) is 4.24. The van der Waals surface area contributed by atoms with E-state index in [1.54, 1.807) is 30.3 Å². The molecule has 0 saturated carbocycles. The van der Waals surface area contributed by atoms with Crippen LogP contribution < -0.4 is 0 Å². The number of aromatic nitrogens is 1. The minimum Gasteiger partial charge on any atom is -0.508 e. The third-order valence-electron chi connectivity index (χ3n) is 2.90. The van der Waals surface area contributed by atoms with Gasteiger partial charge in [-0.25, -0.2) is 4.98 Å². The fraction of sp³-hybridized carbons (Fsp3) is 0. The van der Waals surface area contributed by atoms with E-state index >= 15 is 0 Å². The van der Waals surface area contributed by atoms with Crippen molar-refractivity contribution in [3.63, 3.8) is 0 Å². The van der Waals surface area contributed by atoms with Crippen LogP contribution >= 0.6 is 22.6 Å². The van der Waals surface area contributed by atoms with Gasteiger partial charge in [-0.1, -0.05) is 0 Å². The van der Waals surface area contributed by atoms with Crippen LogP contribution in [0.4, 0.5) is 0 Å². The maximum Gasteiger partial charge on any atom is 0.116 e. The summed E-state index contributed by atoms with van der Waals surface area (Å²) in [6, 6.07) is 14.1. The molecule has 3 rings (SSSR count). The van der Waals surface area contributed by atoms with Crippen molar-refractivity contribution in [1.82, 2.24) is 4.98 Å². The molecule has 0 aliphatic rings. The van der Waals surface area contributed by atoms with Gasteiger partial charge in [0.1, 0.15) is 11.5 Å². The Morgan fingerprint density at radius 1 is 0.842 bits per heavy atom. The molecule has 3 nitrogen and oxygen atoms in total. The SMILES string of the molecule is Oc1ccc(-c2cc(I)c3cc(O)ccc3n2)cc1. The minimum atomic E-state index is 0.240. The van der Waals surface area contributed by atoms with Gasteiger partial charge in [0.05, 0.1) is 11.2 Å². The standard InChI is InChI=1S/C15H10INO2/c16-13-8-15(9-1-3-10(18)4-2-9)17-14-6-5-11(19)7-12(13)14/h1-8,18-19H. The lowest BCUT2D eigenvalue weighted by Gasteiger charge is -2.06. The number of phenols is 2. The molecular weight excluding hydrogens is 353 g/mol. The number of halogens is 1. The molecule has 2 N–H and O–H groups in total. The van der Waals surface area contributed by atoms with Crippen molar-refractivity contribution < 1.29 is 10.2 Å². The largest absolute Gasteiger partial charge is 0.508 e. The average molecular weight is 363 g/mol. The van der Waals surface area contributed by atoms with Crippen molar-refractivity contribution >= 4 is 33.5 Å².